The molecule has 2 N–H and O–H groups in total. The van der Waals surface area contributed by atoms with Crippen molar-refractivity contribution in [3.8, 4) is 28.5 Å². The monoisotopic (exact) mass is 348 g/mol. The highest BCUT2D eigenvalue weighted by atomic mass is 16.5. The van der Waals surface area contributed by atoms with Crippen LogP contribution in [0.2, 0.25) is 0 Å². The van der Waals surface area contributed by atoms with Crippen LogP contribution in [0.3, 0.4) is 0 Å². The maximum atomic E-state index is 5.49. The van der Waals surface area contributed by atoms with E-state index in [1.807, 2.05) is 31.2 Å². The molecule has 1 aliphatic rings. The SMILES string of the molecule is CCOc1ccc(-c2nc(-c3cccc(CC4CCNC4)c3)n[nH]2)cc1. The van der Waals surface area contributed by atoms with Gasteiger partial charge in [0.05, 0.1) is 6.61 Å². The zero-order valence-electron chi connectivity index (χ0n) is 15.0. The van der Waals surface area contributed by atoms with Crippen LogP contribution in [0.4, 0.5) is 0 Å². The van der Waals surface area contributed by atoms with Crippen molar-refractivity contribution in [2.24, 2.45) is 5.92 Å². The molecular weight excluding hydrogens is 324 g/mol. The molecule has 1 fully saturated rings. The van der Waals surface area contributed by atoms with Crippen LogP contribution in [-0.4, -0.2) is 34.9 Å². The summed E-state index contributed by atoms with van der Waals surface area (Å²) in [6.45, 7) is 4.90. The maximum absolute atomic E-state index is 5.49. The molecule has 1 atom stereocenters. The van der Waals surface area contributed by atoms with Crippen molar-refractivity contribution in [3.05, 3.63) is 54.1 Å². The smallest absolute Gasteiger partial charge is 0.181 e. The molecule has 2 heterocycles. The third-order valence-electron chi connectivity index (χ3n) is 4.80. The van der Waals surface area contributed by atoms with Crippen LogP contribution in [-0.2, 0) is 6.42 Å². The van der Waals surface area contributed by atoms with Gasteiger partial charge in [0.2, 0.25) is 0 Å². The first-order valence-corrected chi connectivity index (χ1v) is 9.27. The van der Waals surface area contributed by atoms with Crippen molar-refractivity contribution in [2.45, 2.75) is 19.8 Å². The number of rotatable bonds is 6. The first-order chi connectivity index (χ1) is 12.8. The molecule has 26 heavy (non-hydrogen) atoms. The highest BCUT2D eigenvalue weighted by Crippen LogP contribution is 2.24. The predicted molar refractivity (Wildman–Crippen MR) is 103 cm³/mol. The molecule has 1 aromatic heterocycles. The third kappa shape index (κ3) is 3.78. The molecule has 0 bridgehead atoms. The summed E-state index contributed by atoms with van der Waals surface area (Å²) in [5.74, 6) is 3.11. The van der Waals surface area contributed by atoms with Crippen molar-refractivity contribution in [1.82, 2.24) is 20.5 Å². The Kier molecular flexibility index (Phi) is 4.97. The van der Waals surface area contributed by atoms with Crippen molar-refractivity contribution in [3.63, 3.8) is 0 Å². The molecule has 134 valence electrons. The Morgan fingerprint density at radius 2 is 2.00 bits per heavy atom. The molecule has 0 aliphatic carbocycles. The highest BCUT2D eigenvalue weighted by molar-refractivity contribution is 5.62. The van der Waals surface area contributed by atoms with Gasteiger partial charge in [-0.1, -0.05) is 18.2 Å². The summed E-state index contributed by atoms with van der Waals surface area (Å²) >= 11 is 0. The molecule has 0 spiro atoms. The second-order valence-electron chi connectivity index (χ2n) is 6.73. The summed E-state index contributed by atoms with van der Waals surface area (Å²) in [5.41, 5.74) is 3.41. The van der Waals surface area contributed by atoms with Gasteiger partial charge in [0.15, 0.2) is 11.6 Å². The summed E-state index contributed by atoms with van der Waals surface area (Å²) in [7, 11) is 0. The largest absolute Gasteiger partial charge is 0.494 e. The normalized spacial score (nSPS) is 16.7. The summed E-state index contributed by atoms with van der Waals surface area (Å²) in [6, 6.07) is 16.5. The van der Waals surface area contributed by atoms with E-state index in [4.69, 9.17) is 4.74 Å². The van der Waals surface area contributed by atoms with Gasteiger partial charge in [-0.25, -0.2) is 4.98 Å². The minimum atomic E-state index is 0.666. The van der Waals surface area contributed by atoms with Gasteiger partial charge in [0.25, 0.3) is 0 Å². The molecule has 5 heteroatoms. The van der Waals surface area contributed by atoms with E-state index < -0.39 is 0 Å². The molecule has 1 unspecified atom stereocenters. The average Bonchev–Trinajstić information content (AvgIpc) is 3.35. The fraction of sp³-hybridized carbons (Fsp3) is 0.333. The number of H-pyrrole nitrogens is 1. The van der Waals surface area contributed by atoms with Gasteiger partial charge in [-0.05, 0) is 74.7 Å². The summed E-state index contributed by atoms with van der Waals surface area (Å²) in [4.78, 5) is 4.68. The minimum Gasteiger partial charge on any atom is -0.494 e. The Labute approximate surface area is 153 Å². The number of nitrogens with zero attached hydrogens (tertiary/aromatic N) is 2. The van der Waals surface area contributed by atoms with Gasteiger partial charge in [-0.15, -0.1) is 0 Å². The number of nitrogens with one attached hydrogen (secondary N) is 2. The number of ether oxygens (including phenoxy) is 1. The van der Waals surface area contributed by atoms with Crippen LogP contribution in [0.15, 0.2) is 48.5 Å². The number of aromatic nitrogens is 3. The van der Waals surface area contributed by atoms with Crippen molar-refractivity contribution in [2.75, 3.05) is 19.7 Å². The van der Waals surface area contributed by atoms with E-state index in [9.17, 15) is 0 Å². The van der Waals surface area contributed by atoms with Gasteiger partial charge in [-0.3, -0.25) is 5.10 Å². The average molecular weight is 348 g/mol. The van der Waals surface area contributed by atoms with Gasteiger partial charge >= 0.3 is 0 Å². The lowest BCUT2D eigenvalue weighted by atomic mass is 9.97. The van der Waals surface area contributed by atoms with E-state index in [0.29, 0.717) is 6.61 Å². The van der Waals surface area contributed by atoms with Gasteiger partial charge in [0, 0.05) is 11.1 Å². The number of hydrogen-bond acceptors (Lipinski definition) is 4. The fourth-order valence-corrected chi connectivity index (χ4v) is 3.46. The lowest BCUT2D eigenvalue weighted by Crippen LogP contribution is -2.10. The second-order valence-corrected chi connectivity index (χ2v) is 6.73. The topological polar surface area (TPSA) is 62.8 Å². The van der Waals surface area contributed by atoms with E-state index in [0.717, 1.165) is 54.0 Å². The summed E-state index contributed by atoms with van der Waals surface area (Å²) < 4.78 is 5.49. The summed E-state index contributed by atoms with van der Waals surface area (Å²) in [6.07, 6.45) is 2.36. The zero-order chi connectivity index (χ0) is 17.8. The first kappa shape index (κ1) is 16.8. The van der Waals surface area contributed by atoms with E-state index in [1.54, 1.807) is 0 Å². The van der Waals surface area contributed by atoms with Crippen molar-refractivity contribution in [1.29, 1.82) is 0 Å². The molecule has 1 aliphatic heterocycles. The Morgan fingerprint density at radius 3 is 2.77 bits per heavy atom. The molecule has 4 rings (SSSR count). The quantitative estimate of drug-likeness (QED) is 0.713. The van der Waals surface area contributed by atoms with E-state index in [-0.39, 0.29) is 0 Å². The number of aromatic amines is 1. The molecular formula is C21H24N4O. The maximum Gasteiger partial charge on any atom is 0.181 e. The Hall–Kier alpha value is -2.66. The van der Waals surface area contributed by atoms with Gasteiger partial charge < -0.3 is 10.1 Å². The van der Waals surface area contributed by atoms with Crippen molar-refractivity contribution < 1.29 is 4.74 Å². The third-order valence-corrected chi connectivity index (χ3v) is 4.80. The second kappa shape index (κ2) is 7.70. The Balaban J connectivity index is 1.52. The molecule has 3 aromatic rings. The molecule has 1 saturated heterocycles. The highest BCUT2D eigenvalue weighted by Gasteiger charge is 2.15. The standard InChI is InChI=1S/C21H24N4O/c1-2-26-19-8-6-17(7-9-19)20-23-21(25-24-20)18-5-3-4-15(13-18)12-16-10-11-22-14-16/h3-9,13,16,22H,2,10-12,14H2,1H3,(H,23,24,25). The zero-order valence-corrected chi connectivity index (χ0v) is 15.0. The van der Waals surface area contributed by atoms with Crippen LogP contribution < -0.4 is 10.1 Å². The van der Waals surface area contributed by atoms with Crippen LogP contribution >= 0.6 is 0 Å². The summed E-state index contributed by atoms with van der Waals surface area (Å²) in [5, 5.41) is 10.9. The van der Waals surface area contributed by atoms with Gasteiger partial charge in [-0.2, -0.15) is 5.10 Å². The fourth-order valence-electron chi connectivity index (χ4n) is 3.46. The van der Waals surface area contributed by atoms with Crippen LogP contribution in [0.1, 0.15) is 18.9 Å². The van der Waals surface area contributed by atoms with Crippen LogP contribution in [0.25, 0.3) is 22.8 Å². The molecule has 0 saturated carbocycles. The Morgan fingerprint density at radius 1 is 1.12 bits per heavy atom. The van der Waals surface area contributed by atoms with E-state index in [1.165, 1.54) is 12.0 Å². The predicted octanol–water partition coefficient (Wildman–Crippen LogP) is 3.69. The molecule has 2 aromatic carbocycles. The molecule has 0 amide bonds. The lowest BCUT2D eigenvalue weighted by molar-refractivity contribution is 0.340. The molecule has 5 nitrogen and oxygen atoms in total. The number of benzene rings is 2. The van der Waals surface area contributed by atoms with E-state index >= 15 is 0 Å². The lowest BCUT2D eigenvalue weighted by Gasteiger charge is -2.08. The first-order valence-electron chi connectivity index (χ1n) is 9.27. The Bertz CT molecular complexity index is 850. The van der Waals surface area contributed by atoms with Crippen LogP contribution in [0.5, 0.6) is 5.75 Å². The van der Waals surface area contributed by atoms with Crippen molar-refractivity contribution >= 4 is 0 Å². The minimum absolute atomic E-state index is 0.666. The van der Waals surface area contributed by atoms with E-state index in [2.05, 4.69) is 44.8 Å². The van der Waals surface area contributed by atoms with Gasteiger partial charge in [0.1, 0.15) is 5.75 Å². The molecule has 0 radical (unpaired) electrons. The van der Waals surface area contributed by atoms with Crippen LogP contribution in [0, 0.1) is 5.92 Å². The number of hydrogen-bond donors (Lipinski definition) is 2.